The molecule has 0 unspecified atom stereocenters. The Morgan fingerprint density at radius 1 is 1.08 bits per heavy atom. The first-order chi connectivity index (χ1) is 12.4. The maximum absolute atomic E-state index is 13.0. The molecule has 2 heterocycles. The molecule has 0 saturated carbocycles. The molecule has 2 aromatic heterocycles. The summed E-state index contributed by atoms with van der Waals surface area (Å²) >= 11 is 1.59. The lowest BCUT2D eigenvalue weighted by Gasteiger charge is -2.21. The number of hydrogen-bond acceptors (Lipinski definition) is 5. The standard InChI is InChI=1S/C19H19NO4S2/c1-26(22,23)14-15-6-8-16(9-7-15)19(21)20(12-17-4-2-10-24-17)13-18-5-3-11-25-18/h2-11H,12-14H2,1H3. The summed E-state index contributed by atoms with van der Waals surface area (Å²) in [6, 6.07) is 14.3. The molecule has 3 aromatic rings. The Balaban J connectivity index is 1.79. The largest absolute Gasteiger partial charge is 0.467 e. The van der Waals surface area contributed by atoms with Crippen LogP contribution in [0.1, 0.15) is 26.6 Å². The van der Waals surface area contributed by atoms with Crippen LogP contribution in [0.15, 0.2) is 64.6 Å². The number of carbonyl (C=O) groups excluding carboxylic acids is 1. The highest BCUT2D eigenvalue weighted by atomic mass is 32.2. The molecule has 7 heteroatoms. The van der Waals surface area contributed by atoms with E-state index in [0.717, 1.165) is 4.88 Å². The molecule has 0 saturated heterocycles. The molecule has 136 valence electrons. The topological polar surface area (TPSA) is 67.6 Å². The summed E-state index contributed by atoms with van der Waals surface area (Å²) in [5, 5.41) is 1.98. The first-order valence-corrected chi connectivity index (χ1v) is 11.0. The third-order valence-electron chi connectivity index (χ3n) is 3.77. The van der Waals surface area contributed by atoms with Crippen molar-refractivity contribution in [3.05, 3.63) is 81.9 Å². The van der Waals surface area contributed by atoms with Crippen molar-refractivity contribution < 1.29 is 17.6 Å². The van der Waals surface area contributed by atoms with Gasteiger partial charge in [-0.3, -0.25) is 4.79 Å². The normalized spacial score (nSPS) is 11.4. The van der Waals surface area contributed by atoms with E-state index in [1.165, 1.54) is 6.26 Å². The minimum absolute atomic E-state index is 0.0349. The van der Waals surface area contributed by atoms with E-state index < -0.39 is 9.84 Å². The Kier molecular flexibility index (Phi) is 5.58. The van der Waals surface area contributed by atoms with Gasteiger partial charge in [0, 0.05) is 16.7 Å². The van der Waals surface area contributed by atoms with Gasteiger partial charge in [0.15, 0.2) is 9.84 Å². The first kappa shape index (κ1) is 18.4. The number of rotatable bonds is 7. The smallest absolute Gasteiger partial charge is 0.254 e. The van der Waals surface area contributed by atoms with Gasteiger partial charge in [-0.1, -0.05) is 18.2 Å². The van der Waals surface area contributed by atoms with Gasteiger partial charge in [0.25, 0.3) is 5.91 Å². The van der Waals surface area contributed by atoms with Crippen LogP contribution in [0.3, 0.4) is 0 Å². The van der Waals surface area contributed by atoms with Crippen molar-refractivity contribution in [2.75, 3.05) is 6.26 Å². The van der Waals surface area contributed by atoms with Crippen molar-refractivity contribution in [3.63, 3.8) is 0 Å². The van der Waals surface area contributed by atoms with Crippen molar-refractivity contribution in [1.29, 1.82) is 0 Å². The minimum Gasteiger partial charge on any atom is -0.467 e. The molecule has 1 aromatic carbocycles. The lowest BCUT2D eigenvalue weighted by molar-refractivity contribution is 0.0719. The molecule has 0 aliphatic heterocycles. The average molecular weight is 389 g/mol. The van der Waals surface area contributed by atoms with Crippen LogP contribution in [0.4, 0.5) is 0 Å². The molecule has 26 heavy (non-hydrogen) atoms. The second-order valence-corrected chi connectivity index (χ2v) is 9.26. The zero-order chi connectivity index (χ0) is 18.6. The van der Waals surface area contributed by atoms with Gasteiger partial charge in [-0.25, -0.2) is 8.42 Å². The van der Waals surface area contributed by atoms with Gasteiger partial charge >= 0.3 is 0 Å². The predicted octanol–water partition coefficient (Wildman–Crippen LogP) is 3.73. The second-order valence-electron chi connectivity index (χ2n) is 6.09. The number of carbonyl (C=O) groups is 1. The number of thiophene rings is 1. The summed E-state index contributed by atoms with van der Waals surface area (Å²) < 4.78 is 28.2. The van der Waals surface area contributed by atoms with Gasteiger partial charge in [-0.2, -0.15) is 0 Å². The van der Waals surface area contributed by atoms with E-state index in [1.807, 2.05) is 23.6 Å². The third kappa shape index (κ3) is 5.06. The van der Waals surface area contributed by atoms with E-state index in [-0.39, 0.29) is 11.7 Å². The molecule has 0 aliphatic carbocycles. The molecular formula is C19H19NO4S2. The molecule has 0 bridgehead atoms. The van der Waals surface area contributed by atoms with Gasteiger partial charge in [0.1, 0.15) is 5.76 Å². The Hall–Kier alpha value is -2.38. The molecule has 0 N–H and O–H groups in total. The average Bonchev–Trinajstić information content (AvgIpc) is 3.27. The summed E-state index contributed by atoms with van der Waals surface area (Å²) in [5.74, 6) is 0.552. The van der Waals surface area contributed by atoms with E-state index in [9.17, 15) is 13.2 Å². The van der Waals surface area contributed by atoms with Crippen LogP contribution >= 0.6 is 11.3 Å². The number of amides is 1. The Bertz CT molecular complexity index is 907. The Labute approximate surface area is 156 Å². The molecule has 3 rings (SSSR count). The predicted molar refractivity (Wildman–Crippen MR) is 102 cm³/mol. The quantitative estimate of drug-likeness (QED) is 0.617. The highest BCUT2D eigenvalue weighted by molar-refractivity contribution is 7.89. The fourth-order valence-electron chi connectivity index (χ4n) is 2.61. The molecule has 1 amide bonds. The number of hydrogen-bond donors (Lipinski definition) is 0. The summed E-state index contributed by atoms with van der Waals surface area (Å²) in [6.07, 6.45) is 2.78. The Morgan fingerprint density at radius 2 is 1.85 bits per heavy atom. The van der Waals surface area contributed by atoms with Crippen molar-refractivity contribution in [1.82, 2.24) is 4.90 Å². The third-order valence-corrected chi connectivity index (χ3v) is 5.49. The second kappa shape index (κ2) is 7.88. The van der Waals surface area contributed by atoms with Crippen LogP contribution in [0.25, 0.3) is 0 Å². The van der Waals surface area contributed by atoms with Gasteiger partial charge in [-0.15, -0.1) is 11.3 Å². The summed E-state index contributed by atoms with van der Waals surface area (Å²) in [4.78, 5) is 15.8. The van der Waals surface area contributed by atoms with Crippen LogP contribution < -0.4 is 0 Å². The molecular weight excluding hydrogens is 370 g/mol. The van der Waals surface area contributed by atoms with E-state index >= 15 is 0 Å². The van der Waals surface area contributed by atoms with Crippen molar-refractivity contribution in [3.8, 4) is 0 Å². The molecule has 0 aliphatic rings. The summed E-state index contributed by atoms with van der Waals surface area (Å²) in [5.41, 5.74) is 1.19. The minimum atomic E-state index is -3.10. The number of benzene rings is 1. The monoisotopic (exact) mass is 389 g/mol. The number of furan rings is 1. The SMILES string of the molecule is CS(=O)(=O)Cc1ccc(C(=O)N(Cc2ccco2)Cc2cccs2)cc1. The van der Waals surface area contributed by atoms with Gasteiger partial charge < -0.3 is 9.32 Å². The summed E-state index contributed by atoms with van der Waals surface area (Å²) in [7, 11) is -3.10. The molecule has 0 atom stereocenters. The molecule has 5 nitrogen and oxygen atoms in total. The van der Waals surface area contributed by atoms with E-state index in [0.29, 0.717) is 30.0 Å². The fraction of sp³-hybridized carbons (Fsp3) is 0.211. The molecule has 0 radical (unpaired) electrons. The molecule has 0 spiro atoms. The first-order valence-electron chi connectivity index (χ1n) is 8.01. The van der Waals surface area contributed by atoms with E-state index in [1.54, 1.807) is 52.8 Å². The van der Waals surface area contributed by atoms with Gasteiger partial charge in [-0.05, 0) is 41.3 Å². The zero-order valence-corrected chi connectivity index (χ0v) is 15.9. The van der Waals surface area contributed by atoms with Crippen LogP contribution in [-0.2, 0) is 28.7 Å². The lowest BCUT2D eigenvalue weighted by Crippen LogP contribution is -2.29. The van der Waals surface area contributed by atoms with Crippen LogP contribution in [0, 0.1) is 0 Å². The van der Waals surface area contributed by atoms with Crippen molar-refractivity contribution in [2.24, 2.45) is 0 Å². The number of sulfone groups is 1. The van der Waals surface area contributed by atoms with Crippen LogP contribution in [0.5, 0.6) is 0 Å². The van der Waals surface area contributed by atoms with E-state index in [4.69, 9.17) is 4.42 Å². The van der Waals surface area contributed by atoms with Crippen LogP contribution in [-0.4, -0.2) is 25.5 Å². The number of nitrogens with zero attached hydrogens (tertiary/aromatic N) is 1. The van der Waals surface area contributed by atoms with Crippen LogP contribution in [0.2, 0.25) is 0 Å². The highest BCUT2D eigenvalue weighted by Crippen LogP contribution is 2.18. The summed E-state index contributed by atoms with van der Waals surface area (Å²) in [6.45, 7) is 0.858. The van der Waals surface area contributed by atoms with Crippen molar-refractivity contribution >= 4 is 27.1 Å². The fourth-order valence-corrected chi connectivity index (χ4v) is 4.13. The lowest BCUT2D eigenvalue weighted by atomic mass is 10.1. The van der Waals surface area contributed by atoms with Crippen molar-refractivity contribution in [2.45, 2.75) is 18.8 Å². The molecule has 0 fully saturated rings. The Morgan fingerprint density at radius 3 is 2.42 bits per heavy atom. The van der Waals surface area contributed by atoms with Gasteiger partial charge in [0.2, 0.25) is 0 Å². The van der Waals surface area contributed by atoms with Gasteiger partial charge in [0.05, 0.1) is 25.1 Å². The van der Waals surface area contributed by atoms with E-state index in [2.05, 4.69) is 0 Å². The maximum Gasteiger partial charge on any atom is 0.254 e. The zero-order valence-electron chi connectivity index (χ0n) is 14.3. The highest BCUT2D eigenvalue weighted by Gasteiger charge is 2.18. The maximum atomic E-state index is 13.0.